The Hall–Kier alpha value is -0.0400. The van der Waals surface area contributed by atoms with Gasteiger partial charge in [0, 0.05) is 12.1 Å². The molecular formula is C54H95N. The highest BCUT2D eigenvalue weighted by molar-refractivity contribution is 5.12. The van der Waals surface area contributed by atoms with Crippen LogP contribution in [-0.2, 0) is 0 Å². The van der Waals surface area contributed by atoms with Gasteiger partial charge in [0.2, 0.25) is 0 Å². The van der Waals surface area contributed by atoms with Crippen molar-refractivity contribution in [2.24, 2.45) is 105 Å². The van der Waals surface area contributed by atoms with Gasteiger partial charge < -0.3 is 5.32 Å². The summed E-state index contributed by atoms with van der Waals surface area (Å²) >= 11 is 0. The largest absolute Gasteiger partial charge is 0.311 e. The zero-order chi connectivity index (χ0) is 38.9. The lowest BCUT2D eigenvalue weighted by molar-refractivity contribution is -0.124. The Bertz CT molecular complexity index is 1190. The van der Waals surface area contributed by atoms with Crippen LogP contribution >= 0.6 is 0 Å². The summed E-state index contributed by atoms with van der Waals surface area (Å²) in [6.45, 7) is 26.2. The molecule has 1 heteroatoms. The van der Waals surface area contributed by atoms with Crippen LogP contribution in [0.1, 0.15) is 223 Å². The second kappa shape index (κ2) is 16.1. The highest BCUT2D eigenvalue weighted by atomic mass is 15.0. The molecule has 0 saturated heterocycles. The lowest BCUT2D eigenvalue weighted by Gasteiger charge is -2.62. The molecule has 316 valence electrons. The maximum atomic E-state index is 4.47. The van der Waals surface area contributed by atoms with Gasteiger partial charge in [0.1, 0.15) is 0 Å². The smallest absolute Gasteiger partial charge is 0.00727 e. The van der Waals surface area contributed by atoms with E-state index in [0.717, 1.165) is 94.9 Å². The number of rotatable bonds is 12. The predicted molar refractivity (Wildman–Crippen MR) is 237 cm³/mol. The normalized spacial score (nSPS) is 50.4. The van der Waals surface area contributed by atoms with Gasteiger partial charge in [0.05, 0.1) is 0 Å². The Morgan fingerprint density at radius 2 is 0.800 bits per heavy atom. The van der Waals surface area contributed by atoms with E-state index in [9.17, 15) is 0 Å². The minimum atomic E-state index is 0.619. The molecule has 0 spiro atoms. The van der Waals surface area contributed by atoms with Crippen LogP contribution in [0.3, 0.4) is 0 Å². The SMILES string of the molecule is CC(C)CCCC(C)C1CCC2C3CCC4CC(NC5CCC6(C)C(CCC7C6CCC6(C)C(C(C)CCCC(C)C)CCC76)C5)CCC4(C)C3CCC12C. The van der Waals surface area contributed by atoms with E-state index in [1.807, 2.05) is 0 Å². The van der Waals surface area contributed by atoms with E-state index < -0.39 is 0 Å². The number of fused-ring (bicyclic) bond motifs is 10. The monoisotopic (exact) mass is 758 g/mol. The third kappa shape index (κ3) is 7.44. The van der Waals surface area contributed by atoms with Crippen molar-refractivity contribution in [3.63, 3.8) is 0 Å². The quantitative estimate of drug-likeness (QED) is 0.209. The topological polar surface area (TPSA) is 12.0 Å². The van der Waals surface area contributed by atoms with Crippen LogP contribution in [0, 0.1) is 105 Å². The van der Waals surface area contributed by atoms with Gasteiger partial charge in [-0.2, -0.15) is 0 Å². The average Bonchev–Trinajstić information content (AvgIpc) is 3.68. The molecule has 1 N–H and O–H groups in total. The molecular weight excluding hydrogens is 663 g/mol. The summed E-state index contributed by atoms with van der Waals surface area (Å²) in [6.07, 6.45) is 36.3. The Morgan fingerprint density at radius 1 is 0.418 bits per heavy atom. The van der Waals surface area contributed by atoms with Crippen LogP contribution in [0.5, 0.6) is 0 Å². The fourth-order valence-electron chi connectivity index (χ4n) is 19.2. The second-order valence-corrected chi connectivity index (χ2v) is 25.5. The summed E-state index contributed by atoms with van der Waals surface area (Å²) < 4.78 is 0. The molecule has 8 rings (SSSR count). The van der Waals surface area contributed by atoms with Crippen LogP contribution in [0.25, 0.3) is 0 Å². The number of nitrogens with one attached hydrogen (secondary N) is 1. The Kier molecular flexibility index (Phi) is 12.2. The van der Waals surface area contributed by atoms with Crippen LogP contribution in [-0.4, -0.2) is 12.1 Å². The predicted octanol–water partition coefficient (Wildman–Crippen LogP) is 15.6. The summed E-state index contributed by atoms with van der Waals surface area (Å²) in [5.41, 5.74) is 2.51. The van der Waals surface area contributed by atoms with E-state index in [1.165, 1.54) is 77.0 Å². The van der Waals surface area contributed by atoms with Crippen molar-refractivity contribution in [1.82, 2.24) is 5.32 Å². The maximum Gasteiger partial charge on any atom is 0.00727 e. The van der Waals surface area contributed by atoms with Crippen LogP contribution < -0.4 is 5.32 Å². The van der Waals surface area contributed by atoms with Crippen LogP contribution in [0.2, 0.25) is 0 Å². The molecule has 1 nitrogen and oxygen atoms in total. The number of hydrogen-bond donors (Lipinski definition) is 1. The number of hydrogen-bond acceptors (Lipinski definition) is 1. The van der Waals surface area contributed by atoms with Gasteiger partial charge in [0.25, 0.3) is 0 Å². The maximum absolute atomic E-state index is 4.47. The molecule has 0 amide bonds. The van der Waals surface area contributed by atoms with Crippen molar-refractivity contribution in [3.8, 4) is 0 Å². The molecule has 0 aromatic heterocycles. The fraction of sp³-hybridized carbons (Fsp3) is 1.00. The molecule has 0 heterocycles. The average molecular weight is 758 g/mol. The van der Waals surface area contributed by atoms with Crippen molar-refractivity contribution in [2.75, 3.05) is 0 Å². The lowest BCUT2D eigenvalue weighted by Crippen LogP contribution is -2.57. The van der Waals surface area contributed by atoms with Gasteiger partial charge in [-0.25, -0.2) is 0 Å². The minimum absolute atomic E-state index is 0.619. The van der Waals surface area contributed by atoms with E-state index in [-0.39, 0.29) is 0 Å². The Morgan fingerprint density at radius 3 is 1.20 bits per heavy atom. The van der Waals surface area contributed by atoms with Gasteiger partial charge in [-0.15, -0.1) is 0 Å². The van der Waals surface area contributed by atoms with Gasteiger partial charge in [-0.3, -0.25) is 0 Å². The summed E-state index contributed by atoms with van der Waals surface area (Å²) in [7, 11) is 0. The standard InChI is InChI=1S/C54H95N/c1-35(2)13-11-15-37(5)45-21-23-47-43-19-17-39-33-41(25-29-51(39,7)49(43)27-31-53(45,47)9)55-42-26-30-52(8)40(34-42)18-20-44-48-24-22-46(38(6)16-12-14-36(3)4)54(48,10)32-28-50(44)52/h35-50,55H,11-34H2,1-10H3. The Balaban J connectivity index is 0.840. The summed E-state index contributed by atoms with van der Waals surface area (Å²) in [5, 5.41) is 4.47. The van der Waals surface area contributed by atoms with E-state index >= 15 is 0 Å². The van der Waals surface area contributed by atoms with Crippen molar-refractivity contribution in [3.05, 3.63) is 0 Å². The summed E-state index contributed by atoms with van der Waals surface area (Å²) in [4.78, 5) is 0. The van der Waals surface area contributed by atoms with Crippen molar-refractivity contribution < 1.29 is 0 Å². The molecule has 0 radical (unpaired) electrons. The summed E-state index contributed by atoms with van der Waals surface area (Å²) in [6, 6.07) is 1.59. The molecule has 55 heavy (non-hydrogen) atoms. The third-order valence-electron chi connectivity index (χ3n) is 22.2. The minimum Gasteiger partial charge on any atom is -0.311 e. The van der Waals surface area contributed by atoms with Gasteiger partial charge in [0.15, 0.2) is 0 Å². The Labute approximate surface area is 344 Å². The molecule has 18 unspecified atom stereocenters. The van der Waals surface area contributed by atoms with Crippen molar-refractivity contribution in [2.45, 2.75) is 235 Å². The van der Waals surface area contributed by atoms with Crippen molar-refractivity contribution in [1.29, 1.82) is 0 Å². The molecule has 0 aromatic carbocycles. The molecule has 0 aromatic rings. The van der Waals surface area contributed by atoms with Crippen LogP contribution in [0.4, 0.5) is 0 Å². The molecule has 8 fully saturated rings. The van der Waals surface area contributed by atoms with Gasteiger partial charge >= 0.3 is 0 Å². The first-order valence-electron chi connectivity index (χ1n) is 25.9. The zero-order valence-electron chi connectivity index (χ0n) is 38.7. The highest BCUT2D eigenvalue weighted by Crippen LogP contribution is 2.70. The highest BCUT2D eigenvalue weighted by Gasteiger charge is 2.62. The van der Waals surface area contributed by atoms with Crippen molar-refractivity contribution >= 4 is 0 Å². The molecule has 18 atom stereocenters. The van der Waals surface area contributed by atoms with Crippen LogP contribution in [0.15, 0.2) is 0 Å². The van der Waals surface area contributed by atoms with Gasteiger partial charge in [-0.1, -0.05) is 108 Å². The second-order valence-electron chi connectivity index (χ2n) is 25.5. The molecule has 8 aliphatic rings. The van der Waals surface area contributed by atoms with E-state index in [2.05, 4.69) is 74.6 Å². The first-order valence-corrected chi connectivity index (χ1v) is 25.9. The lowest BCUT2D eigenvalue weighted by atomic mass is 9.44. The van der Waals surface area contributed by atoms with E-state index in [0.29, 0.717) is 21.7 Å². The third-order valence-corrected chi connectivity index (χ3v) is 22.2. The molecule has 0 bridgehead atoms. The first-order chi connectivity index (χ1) is 26.2. The van der Waals surface area contributed by atoms with Gasteiger partial charge in [-0.05, 0) is 220 Å². The molecule has 0 aliphatic heterocycles. The zero-order valence-corrected chi connectivity index (χ0v) is 38.7. The fourth-order valence-corrected chi connectivity index (χ4v) is 19.2. The first kappa shape index (κ1) is 41.7. The van der Waals surface area contributed by atoms with E-state index in [1.54, 1.807) is 77.0 Å². The molecule has 8 saturated carbocycles. The summed E-state index contributed by atoms with van der Waals surface area (Å²) in [5.74, 6) is 13.7. The molecule has 8 aliphatic carbocycles. The van der Waals surface area contributed by atoms with E-state index in [4.69, 9.17) is 0 Å².